The molecule has 8 nitrogen and oxygen atoms in total. The fourth-order valence-corrected chi connectivity index (χ4v) is 4.06. The van der Waals surface area contributed by atoms with Crippen LogP contribution < -0.4 is 20.4 Å². The van der Waals surface area contributed by atoms with Crippen LogP contribution in [0.4, 0.5) is 22.0 Å². The van der Waals surface area contributed by atoms with Gasteiger partial charge in [-0.1, -0.05) is 0 Å². The number of carbonyl (C=O) groups is 1. The second kappa shape index (κ2) is 7.51. The van der Waals surface area contributed by atoms with Crippen LogP contribution >= 0.6 is 0 Å². The van der Waals surface area contributed by atoms with Crippen molar-refractivity contribution in [2.75, 3.05) is 55.0 Å². The van der Waals surface area contributed by atoms with Crippen molar-refractivity contribution in [3.63, 3.8) is 0 Å². The molecule has 0 spiro atoms. The van der Waals surface area contributed by atoms with E-state index in [-0.39, 0.29) is 6.03 Å². The molecule has 2 aliphatic heterocycles. The lowest BCUT2D eigenvalue weighted by Gasteiger charge is -2.45. The number of hydrogen-bond acceptors (Lipinski definition) is 6. The highest BCUT2D eigenvalue weighted by Gasteiger charge is 2.36. The van der Waals surface area contributed by atoms with E-state index < -0.39 is 0 Å². The number of nitrogens with zero attached hydrogens (tertiary/aromatic N) is 4. The summed E-state index contributed by atoms with van der Waals surface area (Å²) in [4.78, 5) is 26.0. The Labute approximate surface area is 170 Å². The third kappa shape index (κ3) is 3.72. The molecule has 1 aliphatic carbocycles. The lowest BCUT2D eigenvalue weighted by Crippen LogP contribution is -2.55. The van der Waals surface area contributed by atoms with Gasteiger partial charge in [-0.25, -0.2) is 14.8 Å². The van der Waals surface area contributed by atoms with Gasteiger partial charge in [0.25, 0.3) is 0 Å². The number of amides is 2. The average molecular weight is 394 g/mol. The number of morpholine rings is 1. The number of hydrogen-bond donors (Lipinski definition) is 2. The van der Waals surface area contributed by atoms with Gasteiger partial charge < -0.3 is 25.2 Å². The van der Waals surface area contributed by atoms with E-state index in [0.29, 0.717) is 11.9 Å². The summed E-state index contributed by atoms with van der Waals surface area (Å²) in [5, 5.41) is 5.31. The highest BCUT2D eigenvalue weighted by molar-refractivity contribution is 5.89. The zero-order chi connectivity index (χ0) is 19.8. The van der Waals surface area contributed by atoms with Gasteiger partial charge in [0.15, 0.2) is 11.6 Å². The minimum atomic E-state index is -0.239. The normalized spacial score (nSPS) is 20.7. The molecule has 1 aromatic carbocycles. The van der Waals surface area contributed by atoms with Crippen LogP contribution in [0.3, 0.4) is 0 Å². The van der Waals surface area contributed by atoms with Crippen molar-refractivity contribution in [2.45, 2.75) is 18.9 Å². The van der Waals surface area contributed by atoms with Crippen LogP contribution in [0.5, 0.6) is 0 Å². The number of ether oxygens (including phenoxy) is 1. The fraction of sp³-hybridized carbons (Fsp3) is 0.476. The first-order valence-electron chi connectivity index (χ1n) is 10.3. The van der Waals surface area contributed by atoms with Gasteiger partial charge in [-0.3, -0.25) is 0 Å². The number of fused-ring (bicyclic) bond motifs is 3. The summed E-state index contributed by atoms with van der Waals surface area (Å²) in [6.07, 6.45) is 4.63. The van der Waals surface area contributed by atoms with Crippen molar-refractivity contribution >= 4 is 23.2 Å². The molecule has 0 radical (unpaired) electrons. The molecule has 2 N–H and O–H groups in total. The Morgan fingerprint density at radius 3 is 2.86 bits per heavy atom. The molecule has 1 unspecified atom stereocenters. The van der Waals surface area contributed by atoms with Gasteiger partial charge in [0.1, 0.15) is 0 Å². The van der Waals surface area contributed by atoms with Crippen molar-refractivity contribution in [2.24, 2.45) is 5.92 Å². The molecule has 8 heteroatoms. The van der Waals surface area contributed by atoms with E-state index in [2.05, 4.69) is 25.4 Å². The van der Waals surface area contributed by atoms with Gasteiger partial charge in [-0.15, -0.1) is 0 Å². The minimum absolute atomic E-state index is 0.239. The molecule has 3 aliphatic rings. The Bertz CT molecular complexity index is 899. The minimum Gasteiger partial charge on any atom is -0.377 e. The molecule has 152 valence electrons. The number of anilines is 3. The Kier molecular flexibility index (Phi) is 4.71. The number of benzene rings is 1. The van der Waals surface area contributed by atoms with E-state index >= 15 is 0 Å². The molecule has 1 atom stereocenters. The quantitative estimate of drug-likeness (QED) is 0.828. The fourth-order valence-electron chi connectivity index (χ4n) is 4.06. The first-order chi connectivity index (χ1) is 14.2. The molecular formula is C21H26N6O2. The van der Waals surface area contributed by atoms with Gasteiger partial charge in [0.2, 0.25) is 0 Å². The lowest BCUT2D eigenvalue weighted by atomic mass is 10.1. The number of carbonyl (C=O) groups excluding carboxylic acids is 1. The van der Waals surface area contributed by atoms with E-state index in [1.807, 2.05) is 30.5 Å². The van der Waals surface area contributed by atoms with E-state index in [1.165, 1.54) is 12.8 Å². The van der Waals surface area contributed by atoms with Crippen molar-refractivity contribution in [1.29, 1.82) is 0 Å². The third-order valence-corrected chi connectivity index (χ3v) is 5.82. The van der Waals surface area contributed by atoms with E-state index in [1.54, 1.807) is 7.05 Å². The van der Waals surface area contributed by atoms with E-state index in [4.69, 9.17) is 9.72 Å². The smallest absolute Gasteiger partial charge is 0.318 e. The maximum absolute atomic E-state index is 11.5. The topological polar surface area (TPSA) is 82.6 Å². The van der Waals surface area contributed by atoms with Crippen molar-refractivity contribution in [1.82, 2.24) is 15.3 Å². The Hall–Kier alpha value is -2.87. The van der Waals surface area contributed by atoms with Crippen LogP contribution in [0.25, 0.3) is 11.4 Å². The summed E-state index contributed by atoms with van der Waals surface area (Å²) in [7, 11) is 1.59. The average Bonchev–Trinajstić information content (AvgIpc) is 3.58. The summed E-state index contributed by atoms with van der Waals surface area (Å²) < 4.78 is 5.74. The summed E-state index contributed by atoms with van der Waals surface area (Å²) >= 11 is 0. The first kappa shape index (κ1) is 18.2. The molecule has 2 aromatic rings. The first-order valence-corrected chi connectivity index (χ1v) is 10.3. The Morgan fingerprint density at radius 1 is 1.28 bits per heavy atom. The molecule has 29 heavy (non-hydrogen) atoms. The molecule has 1 aromatic heterocycles. The molecule has 1 saturated heterocycles. The third-order valence-electron chi connectivity index (χ3n) is 5.82. The van der Waals surface area contributed by atoms with Gasteiger partial charge in [-0.2, -0.15) is 0 Å². The second-order valence-corrected chi connectivity index (χ2v) is 7.95. The summed E-state index contributed by atoms with van der Waals surface area (Å²) in [5.41, 5.74) is 2.80. The van der Waals surface area contributed by atoms with Gasteiger partial charge >= 0.3 is 6.03 Å². The van der Waals surface area contributed by atoms with Crippen LogP contribution in [0, 0.1) is 5.92 Å². The van der Waals surface area contributed by atoms with Crippen LogP contribution in [0.2, 0.25) is 0 Å². The van der Waals surface area contributed by atoms with Crippen molar-refractivity contribution < 1.29 is 9.53 Å². The summed E-state index contributed by atoms with van der Waals surface area (Å²) in [6, 6.07) is 7.71. The molecule has 1 saturated carbocycles. The van der Waals surface area contributed by atoms with Gasteiger partial charge in [0, 0.05) is 37.9 Å². The molecule has 0 bridgehead atoms. The maximum Gasteiger partial charge on any atom is 0.318 e. The van der Waals surface area contributed by atoms with Crippen molar-refractivity contribution in [3.8, 4) is 11.4 Å². The number of aromatic nitrogens is 2. The Balaban J connectivity index is 1.44. The summed E-state index contributed by atoms with van der Waals surface area (Å²) in [5.74, 6) is 2.52. The monoisotopic (exact) mass is 394 g/mol. The summed E-state index contributed by atoms with van der Waals surface area (Å²) in [6.45, 7) is 4.41. The maximum atomic E-state index is 11.5. The molecule has 2 amide bonds. The predicted octanol–water partition coefficient (Wildman–Crippen LogP) is 2.33. The zero-order valence-electron chi connectivity index (χ0n) is 16.6. The molecule has 3 heterocycles. The zero-order valence-corrected chi connectivity index (χ0v) is 16.6. The molecule has 2 fully saturated rings. The number of urea groups is 1. The van der Waals surface area contributed by atoms with Crippen LogP contribution in [-0.2, 0) is 4.74 Å². The number of nitrogens with one attached hydrogen (secondary N) is 2. The molecular weight excluding hydrogens is 368 g/mol. The number of rotatable bonds is 4. The largest absolute Gasteiger partial charge is 0.377 e. The van der Waals surface area contributed by atoms with E-state index in [0.717, 1.165) is 61.5 Å². The van der Waals surface area contributed by atoms with Crippen molar-refractivity contribution in [3.05, 3.63) is 30.5 Å². The standard InChI is InChI=1S/C21H26N6O2/c1-22-21(28)24-16-6-4-15(5-7-16)19-23-10-18-20(25-19)27-8-9-29-13-17(27)12-26(18)11-14-2-3-14/h4-7,10,14,17H,2-3,8-9,11-13H2,1H3,(H2,22,24,28). The highest BCUT2D eigenvalue weighted by Crippen LogP contribution is 2.39. The SMILES string of the molecule is CNC(=O)Nc1ccc(-c2ncc3c(n2)N2CCOCC2CN3CC2CC2)cc1. The van der Waals surface area contributed by atoms with Gasteiger partial charge in [-0.05, 0) is 43.0 Å². The van der Waals surface area contributed by atoms with Crippen LogP contribution in [-0.4, -0.2) is 61.9 Å². The predicted molar refractivity (Wildman–Crippen MR) is 112 cm³/mol. The van der Waals surface area contributed by atoms with Gasteiger partial charge in [0.05, 0.1) is 31.1 Å². The highest BCUT2D eigenvalue weighted by atomic mass is 16.5. The lowest BCUT2D eigenvalue weighted by molar-refractivity contribution is 0.0936. The van der Waals surface area contributed by atoms with Crippen LogP contribution in [0.15, 0.2) is 30.5 Å². The van der Waals surface area contributed by atoms with Crippen LogP contribution in [0.1, 0.15) is 12.8 Å². The second-order valence-electron chi connectivity index (χ2n) is 7.95. The van der Waals surface area contributed by atoms with E-state index in [9.17, 15) is 4.79 Å². The molecule has 5 rings (SSSR count). The Morgan fingerprint density at radius 2 is 2.10 bits per heavy atom.